The standard InChI is InChI=1S/C26H30N2O4S/c1-18-11-16-24(19(2)17-18)25(21-9-7-6-8-10-21)27-26(29)20(3)32-23-14-12-22(13-15-23)28(4)33(5,30)31/h6-17,20,25H,1-5H3,(H,27,29)/t20-,25-/m0/s1. The van der Waals surface area contributed by atoms with Crippen molar-refractivity contribution in [3.8, 4) is 5.75 Å². The van der Waals surface area contributed by atoms with E-state index in [1.165, 1.54) is 11.4 Å². The lowest BCUT2D eigenvalue weighted by Gasteiger charge is -2.24. The third-order valence-electron chi connectivity index (χ3n) is 5.54. The van der Waals surface area contributed by atoms with Gasteiger partial charge in [0.25, 0.3) is 5.91 Å². The van der Waals surface area contributed by atoms with Crippen molar-refractivity contribution >= 4 is 21.6 Å². The van der Waals surface area contributed by atoms with Crippen LogP contribution in [-0.2, 0) is 14.8 Å². The highest BCUT2D eigenvalue weighted by Gasteiger charge is 2.23. The number of anilines is 1. The average molecular weight is 467 g/mol. The number of sulfonamides is 1. The first-order valence-corrected chi connectivity index (χ1v) is 12.5. The monoisotopic (exact) mass is 466 g/mol. The van der Waals surface area contributed by atoms with Crippen molar-refractivity contribution in [3.05, 3.63) is 95.1 Å². The molecule has 1 N–H and O–H groups in total. The van der Waals surface area contributed by atoms with E-state index in [-0.39, 0.29) is 11.9 Å². The topological polar surface area (TPSA) is 75.7 Å². The molecule has 1 amide bonds. The highest BCUT2D eigenvalue weighted by atomic mass is 32.2. The quantitative estimate of drug-likeness (QED) is 0.535. The van der Waals surface area contributed by atoms with E-state index in [0.29, 0.717) is 11.4 Å². The van der Waals surface area contributed by atoms with Gasteiger partial charge in [-0.1, -0.05) is 54.1 Å². The number of rotatable bonds is 8. The smallest absolute Gasteiger partial charge is 0.261 e. The molecule has 0 heterocycles. The molecule has 0 aliphatic carbocycles. The summed E-state index contributed by atoms with van der Waals surface area (Å²) in [6.45, 7) is 5.77. The van der Waals surface area contributed by atoms with Crippen LogP contribution in [0.15, 0.2) is 72.8 Å². The molecule has 0 unspecified atom stereocenters. The SMILES string of the molecule is Cc1ccc([C@@H](NC(=O)[C@H](C)Oc2ccc(N(C)S(C)(=O)=O)cc2)c2ccccc2)c(C)c1. The molecule has 0 spiro atoms. The maximum atomic E-state index is 13.1. The molecule has 0 radical (unpaired) electrons. The number of carbonyl (C=O) groups excluding carboxylic acids is 1. The molecule has 6 nitrogen and oxygen atoms in total. The normalized spacial score (nSPS) is 13.1. The van der Waals surface area contributed by atoms with Crippen LogP contribution in [-0.4, -0.2) is 33.7 Å². The molecule has 3 aromatic carbocycles. The lowest BCUT2D eigenvalue weighted by Crippen LogP contribution is -2.39. The summed E-state index contributed by atoms with van der Waals surface area (Å²) in [6.07, 6.45) is 0.392. The molecule has 0 aromatic heterocycles. The van der Waals surface area contributed by atoms with Crippen LogP contribution >= 0.6 is 0 Å². The molecule has 0 saturated heterocycles. The van der Waals surface area contributed by atoms with Gasteiger partial charge in [-0.25, -0.2) is 8.42 Å². The summed E-state index contributed by atoms with van der Waals surface area (Å²) in [6, 6.07) is 22.3. The van der Waals surface area contributed by atoms with Crippen molar-refractivity contribution in [3.63, 3.8) is 0 Å². The fraction of sp³-hybridized carbons (Fsp3) is 0.269. The Balaban J connectivity index is 1.77. The maximum Gasteiger partial charge on any atom is 0.261 e. The van der Waals surface area contributed by atoms with Crippen LogP contribution in [0.1, 0.15) is 35.2 Å². The van der Waals surface area contributed by atoms with Gasteiger partial charge in [0.05, 0.1) is 18.0 Å². The summed E-state index contributed by atoms with van der Waals surface area (Å²) in [4.78, 5) is 13.1. The van der Waals surface area contributed by atoms with Gasteiger partial charge >= 0.3 is 0 Å². The number of hydrogen-bond donors (Lipinski definition) is 1. The van der Waals surface area contributed by atoms with Gasteiger partial charge in [-0.2, -0.15) is 0 Å². The highest BCUT2D eigenvalue weighted by molar-refractivity contribution is 7.92. The first-order valence-electron chi connectivity index (χ1n) is 10.7. The number of hydrogen-bond acceptors (Lipinski definition) is 4. The minimum Gasteiger partial charge on any atom is -0.481 e. The second-order valence-corrected chi connectivity index (χ2v) is 10.2. The molecule has 0 aliphatic heterocycles. The van der Waals surface area contributed by atoms with E-state index in [1.54, 1.807) is 31.2 Å². The second-order valence-electron chi connectivity index (χ2n) is 8.20. The van der Waals surface area contributed by atoms with Crippen LogP contribution in [0, 0.1) is 13.8 Å². The van der Waals surface area contributed by atoms with Gasteiger partial charge in [0.2, 0.25) is 10.0 Å². The Labute approximate surface area is 196 Å². The summed E-state index contributed by atoms with van der Waals surface area (Å²) in [5.74, 6) is 0.229. The Morgan fingerprint density at radius 3 is 2.18 bits per heavy atom. The van der Waals surface area contributed by atoms with Crippen LogP contribution in [0.3, 0.4) is 0 Å². The molecule has 7 heteroatoms. The lowest BCUT2D eigenvalue weighted by atomic mass is 9.93. The van der Waals surface area contributed by atoms with Crippen LogP contribution in [0.2, 0.25) is 0 Å². The van der Waals surface area contributed by atoms with E-state index >= 15 is 0 Å². The number of nitrogens with one attached hydrogen (secondary N) is 1. The van der Waals surface area contributed by atoms with Gasteiger partial charge in [-0.05, 0) is 61.7 Å². The van der Waals surface area contributed by atoms with E-state index in [0.717, 1.165) is 28.5 Å². The highest BCUT2D eigenvalue weighted by Crippen LogP contribution is 2.26. The van der Waals surface area contributed by atoms with E-state index in [9.17, 15) is 13.2 Å². The third-order valence-corrected chi connectivity index (χ3v) is 6.74. The predicted molar refractivity (Wildman–Crippen MR) is 132 cm³/mol. The molecule has 2 atom stereocenters. The predicted octanol–water partition coefficient (Wildman–Crippen LogP) is 4.37. The summed E-state index contributed by atoms with van der Waals surface area (Å²) in [7, 11) is -1.87. The van der Waals surface area contributed by atoms with Gasteiger partial charge < -0.3 is 10.1 Å². The molecule has 3 rings (SSSR count). The molecule has 0 aliphatic rings. The van der Waals surface area contributed by atoms with Crippen molar-refractivity contribution in [2.75, 3.05) is 17.6 Å². The third kappa shape index (κ3) is 6.14. The fourth-order valence-electron chi connectivity index (χ4n) is 3.58. The van der Waals surface area contributed by atoms with Crippen LogP contribution in [0.5, 0.6) is 5.75 Å². The Hall–Kier alpha value is -3.32. The molecule has 0 fully saturated rings. The van der Waals surface area contributed by atoms with Gasteiger partial charge in [0.15, 0.2) is 6.10 Å². The van der Waals surface area contributed by atoms with Gasteiger partial charge in [0.1, 0.15) is 5.75 Å². The molecule has 0 saturated carbocycles. The Bertz CT molecular complexity index is 1210. The minimum absolute atomic E-state index is 0.249. The lowest BCUT2D eigenvalue weighted by molar-refractivity contribution is -0.127. The minimum atomic E-state index is -3.35. The molecule has 0 bridgehead atoms. The number of aryl methyl sites for hydroxylation is 2. The first kappa shape index (κ1) is 24.3. The summed E-state index contributed by atoms with van der Waals surface area (Å²) in [5.41, 5.74) is 4.79. The fourth-order valence-corrected chi connectivity index (χ4v) is 4.08. The van der Waals surface area contributed by atoms with Crippen LogP contribution in [0.25, 0.3) is 0 Å². The van der Waals surface area contributed by atoms with Gasteiger partial charge in [-0.3, -0.25) is 9.10 Å². The van der Waals surface area contributed by atoms with Crippen molar-refractivity contribution in [1.82, 2.24) is 5.32 Å². The van der Waals surface area contributed by atoms with Crippen LogP contribution in [0.4, 0.5) is 5.69 Å². The zero-order valence-electron chi connectivity index (χ0n) is 19.6. The summed E-state index contributed by atoms with van der Waals surface area (Å²) < 4.78 is 30.4. The number of nitrogens with zero attached hydrogens (tertiary/aromatic N) is 1. The van der Waals surface area contributed by atoms with E-state index < -0.39 is 16.1 Å². The number of benzene rings is 3. The van der Waals surface area contributed by atoms with E-state index in [1.807, 2.05) is 56.3 Å². The van der Waals surface area contributed by atoms with Crippen molar-refractivity contribution in [2.45, 2.75) is 32.9 Å². The zero-order valence-corrected chi connectivity index (χ0v) is 20.4. The van der Waals surface area contributed by atoms with Crippen molar-refractivity contribution in [2.24, 2.45) is 0 Å². The van der Waals surface area contributed by atoms with Crippen molar-refractivity contribution in [1.29, 1.82) is 0 Å². The number of carbonyl (C=O) groups is 1. The Morgan fingerprint density at radius 1 is 0.970 bits per heavy atom. The van der Waals surface area contributed by atoms with Crippen LogP contribution < -0.4 is 14.4 Å². The Kier molecular flexibility index (Phi) is 7.43. The van der Waals surface area contributed by atoms with Crippen molar-refractivity contribution < 1.29 is 17.9 Å². The molecular weight excluding hydrogens is 436 g/mol. The van der Waals surface area contributed by atoms with E-state index in [2.05, 4.69) is 11.4 Å². The Morgan fingerprint density at radius 2 is 1.61 bits per heavy atom. The summed E-state index contributed by atoms with van der Waals surface area (Å²) in [5, 5.41) is 3.13. The molecule has 33 heavy (non-hydrogen) atoms. The molecular formula is C26H30N2O4S. The largest absolute Gasteiger partial charge is 0.481 e. The molecule has 3 aromatic rings. The number of ether oxygens (including phenoxy) is 1. The van der Waals surface area contributed by atoms with Gasteiger partial charge in [0, 0.05) is 7.05 Å². The zero-order chi connectivity index (χ0) is 24.2. The summed E-state index contributed by atoms with van der Waals surface area (Å²) >= 11 is 0. The maximum absolute atomic E-state index is 13.1. The first-order chi connectivity index (χ1) is 15.6. The van der Waals surface area contributed by atoms with Gasteiger partial charge in [-0.15, -0.1) is 0 Å². The van der Waals surface area contributed by atoms with E-state index in [4.69, 9.17) is 4.74 Å². The number of amides is 1. The second kappa shape index (κ2) is 10.1. The average Bonchev–Trinajstić information content (AvgIpc) is 2.77. The molecule has 174 valence electrons.